The zero-order valence-electron chi connectivity index (χ0n) is 12.5. The lowest BCUT2D eigenvalue weighted by atomic mass is 10.2. The van der Waals surface area contributed by atoms with E-state index >= 15 is 0 Å². The molecule has 0 unspecified atom stereocenters. The molecule has 2 rings (SSSR count). The van der Waals surface area contributed by atoms with Crippen molar-refractivity contribution in [3.05, 3.63) is 52.5 Å². The second-order valence-electron chi connectivity index (χ2n) is 4.70. The number of carbonyl (C=O) groups excluding carboxylic acids is 1. The average Bonchev–Trinajstić information content (AvgIpc) is 2.53. The standard InChI is InChI=1S/C16H13BrF3NO3/c1-23-13-7-6-10(8-11(13)17)15(22)21-12-4-2-3-5-14(12)24-9-16(18,19)20/h2-8H,9H2,1H3,(H,21,22). The summed E-state index contributed by atoms with van der Waals surface area (Å²) < 4.78 is 47.2. The minimum absolute atomic E-state index is 0.0595. The van der Waals surface area contributed by atoms with Crippen molar-refractivity contribution in [2.24, 2.45) is 0 Å². The topological polar surface area (TPSA) is 47.6 Å². The Balaban J connectivity index is 2.16. The Bertz CT molecular complexity index is 735. The van der Waals surface area contributed by atoms with Gasteiger partial charge < -0.3 is 14.8 Å². The summed E-state index contributed by atoms with van der Waals surface area (Å²) in [6, 6.07) is 10.6. The summed E-state index contributed by atoms with van der Waals surface area (Å²) in [6.07, 6.45) is -4.46. The highest BCUT2D eigenvalue weighted by molar-refractivity contribution is 9.10. The van der Waals surface area contributed by atoms with Crippen LogP contribution in [-0.4, -0.2) is 25.8 Å². The van der Waals surface area contributed by atoms with Gasteiger partial charge in [-0.05, 0) is 46.3 Å². The number of para-hydroxylation sites is 2. The van der Waals surface area contributed by atoms with E-state index in [4.69, 9.17) is 9.47 Å². The van der Waals surface area contributed by atoms with Gasteiger partial charge in [0.2, 0.25) is 0 Å². The molecule has 128 valence electrons. The number of benzene rings is 2. The van der Waals surface area contributed by atoms with Gasteiger partial charge in [0.15, 0.2) is 6.61 Å². The molecule has 2 aromatic carbocycles. The number of hydrogen-bond acceptors (Lipinski definition) is 3. The number of ether oxygens (including phenoxy) is 2. The summed E-state index contributed by atoms with van der Waals surface area (Å²) in [5.74, 6) is 0.0117. The van der Waals surface area contributed by atoms with E-state index in [2.05, 4.69) is 21.2 Å². The summed E-state index contributed by atoms with van der Waals surface area (Å²) >= 11 is 3.27. The molecule has 1 amide bonds. The molecule has 4 nitrogen and oxygen atoms in total. The second kappa shape index (κ2) is 7.57. The first-order valence-corrected chi connectivity index (χ1v) is 7.53. The zero-order chi connectivity index (χ0) is 17.7. The molecule has 0 aliphatic rings. The first-order chi connectivity index (χ1) is 11.3. The summed E-state index contributed by atoms with van der Waals surface area (Å²) in [7, 11) is 1.49. The van der Waals surface area contributed by atoms with Crippen molar-refractivity contribution in [2.45, 2.75) is 6.18 Å². The molecule has 2 aromatic rings. The minimum Gasteiger partial charge on any atom is -0.496 e. The van der Waals surface area contributed by atoms with Crippen LogP contribution in [0.5, 0.6) is 11.5 Å². The molecular formula is C16H13BrF3NO3. The van der Waals surface area contributed by atoms with Crippen LogP contribution >= 0.6 is 15.9 Å². The number of methoxy groups -OCH3 is 1. The van der Waals surface area contributed by atoms with Gasteiger partial charge in [0.25, 0.3) is 5.91 Å². The Kier molecular flexibility index (Phi) is 5.71. The Morgan fingerprint density at radius 1 is 1.17 bits per heavy atom. The smallest absolute Gasteiger partial charge is 0.422 e. The largest absolute Gasteiger partial charge is 0.496 e. The van der Waals surface area contributed by atoms with Crippen molar-refractivity contribution in [2.75, 3.05) is 19.0 Å². The van der Waals surface area contributed by atoms with Crippen LogP contribution in [0.3, 0.4) is 0 Å². The van der Waals surface area contributed by atoms with Gasteiger partial charge in [-0.2, -0.15) is 13.2 Å². The number of amides is 1. The van der Waals surface area contributed by atoms with Gasteiger partial charge >= 0.3 is 6.18 Å². The second-order valence-corrected chi connectivity index (χ2v) is 5.56. The third-order valence-corrected chi connectivity index (χ3v) is 3.56. The van der Waals surface area contributed by atoms with E-state index in [0.717, 1.165) is 0 Å². The van der Waals surface area contributed by atoms with Crippen LogP contribution < -0.4 is 14.8 Å². The number of carbonyl (C=O) groups is 1. The number of hydrogen-bond donors (Lipinski definition) is 1. The highest BCUT2D eigenvalue weighted by atomic mass is 79.9. The molecule has 0 aromatic heterocycles. The molecule has 0 aliphatic heterocycles. The maximum atomic E-state index is 12.3. The lowest BCUT2D eigenvalue weighted by Gasteiger charge is -2.14. The van der Waals surface area contributed by atoms with Gasteiger partial charge in [-0.25, -0.2) is 0 Å². The molecular weight excluding hydrogens is 391 g/mol. The number of halogens is 4. The highest BCUT2D eigenvalue weighted by Crippen LogP contribution is 2.28. The fourth-order valence-corrected chi connectivity index (χ4v) is 2.40. The maximum absolute atomic E-state index is 12.3. The van der Waals surface area contributed by atoms with Crippen LogP contribution in [-0.2, 0) is 0 Å². The van der Waals surface area contributed by atoms with Crippen LogP contribution in [0.15, 0.2) is 46.9 Å². The number of nitrogens with one attached hydrogen (secondary N) is 1. The highest BCUT2D eigenvalue weighted by Gasteiger charge is 2.28. The monoisotopic (exact) mass is 403 g/mol. The summed E-state index contributed by atoms with van der Waals surface area (Å²) in [5, 5.41) is 2.53. The minimum atomic E-state index is -4.46. The summed E-state index contributed by atoms with van der Waals surface area (Å²) in [5.41, 5.74) is 0.465. The van der Waals surface area contributed by atoms with E-state index in [0.29, 0.717) is 15.8 Å². The molecule has 0 atom stereocenters. The molecule has 0 fully saturated rings. The third kappa shape index (κ3) is 4.89. The molecule has 0 radical (unpaired) electrons. The van der Waals surface area contributed by atoms with E-state index < -0.39 is 18.7 Å². The first kappa shape index (κ1) is 18.1. The van der Waals surface area contributed by atoms with Crippen LogP contribution in [0.4, 0.5) is 18.9 Å². The van der Waals surface area contributed by atoms with Crippen molar-refractivity contribution >= 4 is 27.5 Å². The predicted molar refractivity (Wildman–Crippen MR) is 86.6 cm³/mol. The number of anilines is 1. The van der Waals surface area contributed by atoms with Crippen LogP contribution in [0.1, 0.15) is 10.4 Å². The maximum Gasteiger partial charge on any atom is 0.422 e. The molecule has 0 spiro atoms. The summed E-state index contributed by atoms with van der Waals surface area (Å²) in [6.45, 7) is -1.44. The molecule has 0 saturated carbocycles. The molecule has 8 heteroatoms. The SMILES string of the molecule is COc1ccc(C(=O)Nc2ccccc2OCC(F)(F)F)cc1Br. The first-order valence-electron chi connectivity index (χ1n) is 6.73. The molecule has 0 bridgehead atoms. The van der Waals surface area contributed by atoms with Gasteiger partial charge in [0, 0.05) is 5.56 Å². The third-order valence-electron chi connectivity index (χ3n) is 2.94. The van der Waals surface area contributed by atoms with Gasteiger partial charge in [0.05, 0.1) is 17.3 Å². The Hall–Kier alpha value is -2.22. The van der Waals surface area contributed by atoms with E-state index in [9.17, 15) is 18.0 Å². The summed E-state index contributed by atoms with van der Waals surface area (Å²) in [4.78, 5) is 12.3. The Labute approximate surface area is 144 Å². The van der Waals surface area contributed by atoms with Crippen molar-refractivity contribution in [3.8, 4) is 11.5 Å². The van der Waals surface area contributed by atoms with Crippen molar-refractivity contribution < 1.29 is 27.4 Å². The van der Waals surface area contributed by atoms with Gasteiger partial charge in [-0.15, -0.1) is 0 Å². The predicted octanol–water partition coefficient (Wildman–Crippen LogP) is 4.65. The fraction of sp³-hybridized carbons (Fsp3) is 0.188. The van der Waals surface area contributed by atoms with E-state index in [-0.39, 0.29) is 11.4 Å². The van der Waals surface area contributed by atoms with Gasteiger partial charge in [0.1, 0.15) is 11.5 Å². The Morgan fingerprint density at radius 3 is 2.50 bits per heavy atom. The van der Waals surface area contributed by atoms with Crippen LogP contribution in [0, 0.1) is 0 Å². The van der Waals surface area contributed by atoms with E-state index in [1.165, 1.54) is 31.4 Å². The van der Waals surface area contributed by atoms with Crippen molar-refractivity contribution in [3.63, 3.8) is 0 Å². The lowest BCUT2D eigenvalue weighted by Crippen LogP contribution is -2.20. The van der Waals surface area contributed by atoms with E-state index in [1.54, 1.807) is 18.2 Å². The molecule has 1 N–H and O–H groups in total. The molecule has 0 heterocycles. The number of alkyl halides is 3. The van der Waals surface area contributed by atoms with Crippen LogP contribution in [0.2, 0.25) is 0 Å². The lowest BCUT2D eigenvalue weighted by molar-refractivity contribution is -0.153. The van der Waals surface area contributed by atoms with Crippen molar-refractivity contribution in [1.82, 2.24) is 0 Å². The normalized spacial score (nSPS) is 11.0. The molecule has 0 saturated heterocycles. The molecule has 0 aliphatic carbocycles. The molecule has 24 heavy (non-hydrogen) atoms. The quantitative estimate of drug-likeness (QED) is 0.790. The zero-order valence-corrected chi connectivity index (χ0v) is 14.1. The van der Waals surface area contributed by atoms with Crippen LogP contribution in [0.25, 0.3) is 0 Å². The van der Waals surface area contributed by atoms with Gasteiger partial charge in [-0.1, -0.05) is 12.1 Å². The fourth-order valence-electron chi connectivity index (χ4n) is 1.86. The Morgan fingerprint density at radius 2 is 1.88 bits per heavy atom. The van der Waals surface area contributed by atoms with Gasteiger partial charge in [-0.3, -0.25) is 4.79 Å². The number of rotatable bonds is 5. The van der Waals surface area contributed by atoms with E-state index in [1.807, 2.05) is 0 Å². The van der Waals surface area contributed by atoms with Crippen molar-refractivity contribution in [1.29, 1.82) is 0 Å². The average molecular weight is 404 g/mol.